The monoisotopic (exact) mass is 435 g/mol. The SMILES string of the molecule is CC(=O)OC(C)CSC1=C(C(=O)OCc2ccc(F)cc2)N2C(=O)C(C(C)C)C2C1. The minimum Gasteiger partial charge on any atom is -0.462 e. The van der Waals surface area contributed by atoms with Crippen LogP contribution < -0.4 is 0 Å². The molecule has 2 aliphatic heterocycles. The van der Waals surface area contributed by atoms with Gasteiger partial charge in [0.25, 0.3) is 0 Å². The Kier molecular flexibility index (Phi) is 6.85. The third kappa shape index (κ3) is 4.69. The molecule has 0 radical (unpaired) electrons. The lowest BCUT2D eigenvalue weighted by Gasteiger charge is -2.45. The van der Waals surface area contributed by atoms with Gasteiger partial charge in [0, 0.05) is 24.0 Å². The van der Waals surface area contributed by atoms with Crippen molar-refractivity contribution in [2.24, 2.45) is 11.8 Å². The van der Waals surface area contributed by atoms with Gasteiger partial charge in [0.05, 0.1) is 12.0 Å². The zero-order valence-electron chi connectivity index (χ0n) is 17.5. The molecule has 1 aromatic rings. The van der Waals surface area contributed by atoms with Crippen molar-refractivity contribution in [2.45, 2.75) is 52.9 Å². The summed E-state index contributed by atoms with van der Waals surface area (Å²) in [6.45, 7) is 7.13. The summed E-state index contributed by atoms with van der Waals surface area (Å²) in [4.78, 5) is 39.1. The number of carbonyl (C=O) groups excluding carboxylic acids is 3. The lowest BCUT2D eigenvalue weighted by molar-refractivity contribution is -0.159. The van der Waals surface area contributed by atoms with Gasteiger partial charge in [-0.2, -0.15) is 0 Å². The zero-order chi connectivity index (χ0) is 22.0. The maximum atomic E-state index is 13.1. The van der Waals surface area contributed by atoms with E-state index in [9.17, 15) is 18.8 Å². The zero-order valence-corrected chi connectivity index (χ0v) is 18.3. The number of halogens is 1. The molecular formula is C22H26FNO5S. The van der Waals surface area contributed by atoms with Crippen LogP contribution >= 0.6 is 11.8 Å². The number of amides is 1. The first kappa shape index (κ1) is 22.3. The normalized spacial score (nSPS) is 21.4. The van der Waals surface area contributed by atoms with Gasteiger partial charge in [0.2, 0.25) is 5.91 Å². The molecule has 0 saturated carbocycles. The second-order valence-electron chi connectivity index (χ2n) is 7.95. The summed E-state index contributed by atoms with van der Waals surface area (Å²) in [5.41, 5.74) is 0.941. The van der Waals surface area contributed by atoms with Crippen molar-refractivity contribution < 1.29 is 28.2 Å². The molecule has 8 heteroatoms. The van der Waals surface area contributed by atoms with E-state index in [1.165, 1.54) is 30.8 Å². The Morgan fingerprint density at radius 1 is 1.23 bits per heavy atom. The maximum absolute atomic E-state index is 13.1. The minimum absolute atomic E-state index is 0.00921. The van der Waals surface area contributed by atoms with Gasteiger partial charge in [0.15, 0.2) is 0 Å². The number of hydrogen-bond donors (Lipinski definition) is 0. The summed E-state index contributed by atoms with van der Waals surface area (Å²) in [6.07, 6.45) is 0.272. The first-order valence-electron chi connectivity index (χ1n) is 9.96. The summed E-state index contributed by atoms with van der Waals surface area (Å²) in [6, 6.07) is 5.66. The molecule has 30 heavy (non-hydrogen) atoms. The van der Waals surface area contributed by atoms with Crippen LogP contribution in [0.1, 0.15) is 39.7 Å². The molecule has 0 spiro atoms. The van der Waals surface area contributed by atoms with Crippen LogP contribution in [0.5, 0.6) is 0 Å². The van der Waals surface area contributed by atoms with Crippen molar-refractivity contribution in [1.82, 2.24) is 4.90 Å². The molecule has 6 nitrogen and oxygen atoms in total. The van der Waals surface area contributed by atoms with Crippen LogP contribution in [0.25, 0.3) is 0 Å². The smallest absolute Gasteiger partial charge is 0.356 e. The van der Waals surface area contributed by atoms with E-state index in [-0.39, 0.29) is 54.0 Å². The van der Waals surface area contributed by atoms with E-state index in [0.29, 0.717) is 17.7 Å². The summed E-state index contributed by atoms with van der Waals surface area (Å²) in [5, 5.41) is 0. The fraction of sp³-hybridized carbons (Fsp3) is 0.500. The van der Waals surface area contributed by atoms with Crippen LogP contribution in [0.4, 0.5) is 4.39 Å². The first-order chi connectivity index (χ1) is 14.2. The van der Waals surface area contributed by atoms with Gasteiger partial charge in [0.1, 0.15) is 24.2 Å². The first-order valence-corrected chi connectivity index (χ1v) is 11.0. The molecule has 0 aromatic heterocycles. The van der Waals surface area contributed by atoms with Crippen molar-refractivity contribution in [2.75, 3.05) is 5.75 Å². The van der Waals surface area contributed by atoms with Crippen molar-refractivity contribution in [3.8, 4) is 0 Å². The Hall–Kier alpha value is -2.35. The third-order valence-electron chi connectivity index (χ3n) is 5.22. The molecule has 1 aromatic carbocycles. The number of rotatable bonds is 8. The summed E-state index contributed by atoms with van der Waals surface area (Å²) < 4.78 is 23.7. The fourth-order valence-electron chi connectivity index (χ4n) is 3.88. The van der Waals surface area contributed by atoms with Gasteiger partial charge in [-0.15, -0.1) is 11.8 Å². The minimum atomic E-state index is -0.569. The largest absolute Gasteiger partial charge is 0.462 e. The van der Waals surface area contributed by atoms with Crippen LogP contribution in [-0.4, -0.2) is 40.6 Å². The number of ether oxygens (including phenoxy) is 2. The molecule has 1 fully saturated rings. The molecule has 1 saturated heterocycles. The van der Waals surface area contributed by atoms with E-state index in [1.54, 1.807) is 24.0 Å². The standard InChI is InChI=1S/C22H26FNO5S/c1-12(2)19-17-9-18(30-11-13(3)29-14(4)25)20(24(17)21(19)26)22(27)28-10-15-5-7-16(23)8-6-15/h5-8,12-13,17,19H,9-11H2,1-4H3. The molecule has 162 valence electrons. The highest BCUT2D eigenvalue weighted by Crippen LogP contribution is 2.48. The quantitative estimate of drug-likeness (QED) is 0.458. The highest BCUT2D eigenvalue weighted by Gasteiger charge is 2.56. The van der Waals surface area contributed by atoms with Crippen LogP contribution in [0, 0.1) is 17.7 Å². The Labute approximate surface area is 179 Å². The number of benzene rings is 1. The van der Waals surface area contributed by atoms with Gasteiger partial charge in [-0.25, -0.2) is 9.18 Å². The van der Waals surface area contributed by atoms with Gasteiger partial charge in [-0.05, 0) is 30.5 Å². The van der Waals surface area contributed by atoms with Gasteiger partial charge in [-0.3, -0.25) is 9.59 Å². The molecule has 0 aliphatic carbocycles. The fourth-order valence-corrected chi connectivity index (χ4v) is 5.00. The van der Waals surface area contributed by atoms with Gasteiger partial charge < -0.3 is 14.4 Å². The average Bonchev–Trinajstić information content (AvgIpc) is 2.99. The number of fused-ring (bicyclic) bond motifs is 1. The number of nitrogens with zero attached hydrogens (tertiary/aromatic N) is 1. The Morgan fingerprint density at radius 2 is 1.90 bits per heavy atom. The molecular weight excluding hydrogens is 409 g/mol. The summed E-state index contributed by atoms with van der Waals surface area (Å²) >= 11 is 1.42. The highest BCUT2D eigenvalue weighted by atomic mass is 32.2. The molecule has 3 atom stereocenters. The molecule has 0 bridgehead atoms. The Bertz CT molecular complexity index is 867. The van der Waals surface area contributed by atoms with Gasteiger partial charge in [-0.1, -0.05) is 26.0 Å². The molecule has 2 aliphatic rings. The van der Waals surface area contributed by atoms with Crippen molar-refractivity contribution >= 4 is 29.6 Å². The highest BCUT2D eigenvalue weighted by molar-refractivity contribution is 8.03. The van der Waals surface area contributed by atoms with Crippen molar-refractivity contribution in [3.63, 3.8) is 0 Å². The maximum Gasteiger partial charge on any atom is 0.356 e. The van der Waals surface area contributed by atoms with Crippen LogP contribution in [-0.2, 0) is 30.5 Å². The van der Waals surface area contributed by atoms with E-state index < -0.39 is 5.97 Å². The van der Waals surface area contributed by atoms with Crippen LogP contribution in [0.3, 0.4) is 0 Å². The van der Waals surface area contributed by atoms with E-state index >= 15 is 0 Å². The Morgan fingerprint density at radius 3 is 2.50 bits per heavy atom. The Balaban J connectivity index is 1.74. The number of β-lactam (4-membered cyclic amide) rings is 1. The van der Waals surface area contributed by atoms with Crippen molar-refractivity contribution in [1.29, 1.82) is 0 Å². The topological polar surface area (TPSA) is 72.9 Å². The molecule has 0 N–H and O–H groups in total. The number of hydrogen-bond acceptors (Lipinski definition) is 6. The van der Waals surface area contributed by atoms with Crippen LogP contribution in [0.2, 0.25) is 0 Å². The third-order valence-corrected chi connectivity index (χ3v) is 6.57. The van der Waals surface area contributed by atoms with E-state index in [1.807, 2.05) is 13.8 Å². The molecule has 3 unspecified atom stereocenters. The average molecular weight is 436 g/mol. The molecule has 2 heterocycles. The van der Waals surface area contributed by atoms with E-state index in [2.05, 4.69) is 0 Å². The van der Waals surface area contributed by atoms with E-state index in [0.717, 1.165) is 4.91 Å². The molecule has 3 rings (SSSR count). The predicted molar refractivity (Wildman–Crippen MR) is 110 cm³/mol. The summed E-state index contributed by atoms with van der Waals surface area (Å²) in [5.74, 6) is -0.815. The second kappa shape index (κ2) is 9.20. The van der Waals surface area contributed by atoms with E-state index in [4.69, 9.17) is 9.47 Å². The van der Waals surface area contributed by atoms with Crippen molar-refractivity contribution in [3.05, 3.63) is 46.2 Å². The number of carbonyl (C=O) groups is 3. The molecule has 1 amide bonds. The number of esters is 2. The van der Waals surface area contributed by atoms with Crippen LogP contribution in [0.15, 0.2) is 34.9 Å². The predicted octanol–water partition coefficient (Wildman–Crippen LogP) is 3.65. The number of thioether (sulfide) groups is 1. The lowest BCUT2D eigenvalue weighted by Crippen LogP contribution is -2.60. The van der Waals surface area contributed by atoms with Gasteiger partial charge >= 0.3 is 11.9 Å². The second-order valence-corrected chi connectivity index (χ2v) is 9.07. The lowest BCUT2D eigenvalue weighted by atomic mass is 9.79. The summed E-state index contributed by atoms with van der Waals surface area (Å²) in [7, 11) is 0.